The first-order valence-corrected chi connectivity index (χ1v) is 5.31. The molecule has 1 aliphatic heterocycles. The van der Waals surface area contributed by atoms with Crippen LogP contribution in [-0.2, 0) is 4.79 Å². The highest BCUT2D eigenvalue weighted by Gasteiger charge is 2.19. The summed E-state index contributed by atoms with van der Waals surface area (Å²) in [5.41, 5.74) is 0.919. The molecule has 1 aliphatic rings. The minimum absolute atomic E-state index is 0.130. The van der Waals surface area contributed by atoms with Crippen molar-refractivity contribution in [1.29, 1.82) is 0 Å². The Morgan fingerprint density at radius 3 is 3.08 bits per heavy atom. The molecular formula is C9H12N2OS. The van der Waals surface area contributed by atoms with E-state index in [0.717, 1.165) is 18.8 Å². The third-order valence-corrected chi connectivity index (χ3v) is 2.83. The quantitative estimate of drug-likeness (QED) is 0.765. The van der Waals surface area contributed by atoms with E-state index in [4.69, 9.17) is 0 Å². The lowest BCUT2D eigenvalue weighted by molar-refractivity contribution is -0.117. The monoisotopic (exact) mass is 196 g/mol. The van der Waals surface area contributed by atoms with E-state index in [1.54, 1.807) is 11.3 Å². The highest BCUT2D eigenvalue weighted by molar-refractivity contribution is 7.08. The second-order valence-electron chi connectivity index (χ2n) is 3.29. The van der Waals surface area contributed by atoms with Crippen LogP contribution in [0.3, 0.4) is 0 Å². The molecule has 2 rings (SSSR count). The lowest BCUT2D eigenvalue weighted by atomic mass is 9.99. The van der Waals surface area contributed by atoms with Gasteiger partial charge < -0.3 is 10.6 Å². The topological polar surface area (TPSA) is 41.1 Å². The summed E-state index contributed by atoms with van der Waals surface area (Å²) in [7, 11) is 0. The Morgan fingerprint density at radius 2 is 2.54 bits per heavy atom. The molecule has 0 bridgehead atoms. The van der Waals surface area contributed by atoms with E-state index in [-0.39, 0.29) is 5.91 Å². The molecule has 1 fully saturated rings. The molecule has 1 amide bonds. The number of hydrogen-bond acceptors (Lipinski definition) is 3. The summed E-state index contributed by atoms with van der Waals surface area (Å²) < 4.78 is 0. The molecule has 1 saturated heterocycles. The molecule has 2 heterocycles. The fourth-order valence-electron chi connectivity index (χ4n) is 1.30. The predicted molar refractivity (Wildman–Crippen MR) is 53.9 cm³/mol. The van der Waals surface area contributed by atoms with Crippen LogP contribution in [-0.4, -0.2) is 19.0 Å². The Labute approximate surface area is 81.2 Å². The van der Waals surface area contributed by atoms with E-state index >= 15 is 0 Å². The summed E-state index contributed by atoms with van der Waals surface area (Å²) in [6, 6.07) is 1.92. The van der Waals surface area contributed by atoms with Crippen LogP contribution in [0.5, 0.6) is 0 Å². The van der Waals surface area contributed by atoms with Crippen LogP contribution in [0.25, 0.3) is 0 Å². The van der Waals surface area contributed by atoms with Crippen LogP contribution in [0.15, 0.2) is 16.8 Å². The molecule has 0 radical (unpaired) electrons. The number of thiophene rings is 1. The van der Waals surface area contributed by atoms with E-state index < -0.39 is 0 Å². The molecule has 70 valence electrons. The van der Waals surface area contributed by atoms with Crippen molar-refractivity contribution < 1.29 is 4.79 Å². The maximum Gasteiger partial charge on any atom is 0.224 e. The zero-order valence-electron chi connectivity index (χ0n) is 7.25. The Hall–Kier alpha value is -0.870. The van der Waals surface area contributed by atoms with Gasteiger partial charge in [-0.3, -0.25) is 4.79 Å². The third-order valence-electron chi connectivity index (χ3n) is 2.15. The van der Waals surface area contributed by atoms with Crippen molar-refractivity contribution in [3.63, 3.8) is 0 Å². The number of rotatable bonds is 3. The van der Waals surface area contributed by atoms with Gasteiger partial charge in [0.25, 0.3) is 0 Å². The van der Waals surface area contributed by atoms with E-state index in [0.29, 0.717) is 12.3 Å². The lowest BCUT2D eigenvalue weighted by Gasteiger charge is -2.26. The molecule has 0 aliphatic carbocycles. The highest BCUT2D eigenvalue weighted by Crippen LogP contribution is 2.14. The summed E-state index contributed by atoms with van der Waals surface area (Å²) in [6.45, 7) is 1.97. The first kappa shape index (κ1) is 8.72. The van der Waals surface area contributed by atoms with Crippen LogP contribution in [0.4, 0.5) is 5.69 Å². The molecule has 1 aromatic heterocycles. The number of amides is 1. The molecule has 0 unspecified atom stereocenters. The Kier molecular flexibility index (Phi) is 2.61. The number of carbonyl (C=O) groups is 1. The van der Waals surface area contributed by atoms with Crippen molar-refractivity contribution in [3.05, 3.63) is 16.8 Å². The molecule has 0 atom stereocenters. The average molecular weight is 196 g/mol. The van der Waals surface area contributed by atoms with Crippen LogP contribution in [0.2, 0.25) is 0 Å². The van der Waals surface area contributed by atoms with E-state index in [1.807, 2.05) is 16.8 Å². The van der Waals surface area contributed by atoms with Gasteiger partial charge in [0.15, 0.2) is 0 Å². The summed E-state index contributed by atoms with van der Waals surface area (Å²) >= 11 is 1.59. The smallest absolute Gasteiger partial charge is 0.224 e. The van der Waals surface area contributed by atoms with Gasteiger partial charge in [0.05, 0.1) is 5.69 Å². The van der Waals surface area contributed by atoms with Gasteiger partial charge >= 0.3 is 0 Å². The maximum atomic E-state index is 11.4. The van der Waals surface area contributed by atoms with Gasteiger partial charge in [-0.25, -0.2) is 0 Å². The third kappa shape index (κ3) is 2.29. The van der Waals surface area contributed by atoms with E-state index in [2.05, 4.69) is 10.6 Å². The van der Waals surface area contributed by atoms with Crippen LogP contribution in [0.1, 0.15) is 6.42 Å². The molecule has 4 heteroatoms. The van der Waals surface area contributed by atoms with Crippen LogP contribution < -0.4 is 10.6 Å². The summed E-state index contributed by atoms with van der Waals surface area (Å²) in [5, 5.41) is 9.91. The highest BCUT2D eigenvalue weighted by atomic mass is 32.1. The average Bonchev–Trinajstić information content (AvgIpc) is 2.49. The lowest BCUT2D eigenvalue weighted by Crippen LogP contribution is -2.43. The zero-order chi connectivity index (χ0) is 9.10. The molecule has 3 nitrogen and oxygen atoms in total. The number of carbonyl (C=O) groups excluding carboxylic acids is 1. The van der Waals surface area contributed by atoms with Crippen molar-refractivity contribution in [2.75, 3.05) is 18.4 Å². The van der Waals surface area contributed by atoms with Crippen LogP contribution in [0, 0.1) is 5.92 Å². The molecule has 0 spiro atoms. The first-order valence-electron chi connectivity index (χ1n) is 4.37. The van der Waals surface area contributed by atoms with Gasteiger partial charge in [-0.2, -0.15) is 11.3 Å². The molecule has 13 heavy (non-hydrogen) atoms. The van der Waals surface area contributed by atoms with E-state index in [9.17, 15) is 4.79 Å². The van der Waals surface area contributed by atoms with Gasteiger partial charge in [-0.1, -0.05) is 0 Å². The Bertz CT molecular complexity index is 280. The Morgan fingerprint density at radius 1 is 1.69 bits per heavy atom. The predicted octanol–water partition coefficient (Wildman–Crippen LogP) is 1.30. The molecular weight excluding hydrogens is 184 g/mol. The fourth-order valence-corrected chi connectivity index (χ4v) is 1.89. The number of nitrogens with one attached hydrogen (secondary N) is 2. The second kappa shape index (κ2) is 3.89. The van der Waals surface area contributed by atoms with Crippen molar-refractivity contribution in [1.82, 2.24) is 5.32 Å². The molecule has 0 aromatic carbocycles. The molecule has 0 saturated carbocycles. The van der Waals surface area contributed by atoms with Crippen molar-refractivity contribution >= 4 is 22.9 Å². The summed E-state index contributed by atoms with van der Waals surface area (Å²) in [5.74, 6) is 0.670. The normalized spacial score (nSPS) is 16.6. The van der Waals surface area contributed by atoms with Crippen molar-refractivity contribution in [3.8, 4) is 0 Å². The first-order chi connectivity index (χ1) is 6.34. The standard InChI is InChI=1S/C9H12N2OS/c12-9(3-7-4-10-5-7)11-8-1-2-13-6-8/h1-2,6-7,10H,3-5H2,(H,11,12). The van der Waals surface area contributed by atoms with Gasteiger partial charge in [0, 0.05) is 11.8 Å². The minimum atomic E-state index is 0.130. The van der Waals surface area contributed by atoms with Crippen molar-refractivity contribution in [2.45, 2.75) is 6.42 Å². The number of hydrogen-bond donors (Lipinski definition) is 2. The Balaban J connectivity index is 1.78. The van der Waals surface area contributed by atoms with Crippen molar-refractivity contribution in [2.24, 2.45) is 5.92 Å². The molecule has 1 aromatic rings. The van der Waals surface area contributed by atoms with Gasteiger partial charge in [0.2, 0.25) is 5.91 Å². The fraction of sp³-hybridized carbons (Fsp3) is 0.444. The maximum absolute atomic E-state index is 11.4. The second-order valence-corrected chi connectivity index (χ2v) is 4.07. The van der Waals surface area contributed by atoms with Gasteiger partial charge in [-0.15, -0.1) is 0 Å². The van der Waals surface area contributed by atoms with Crippen LogP contribution >= 0.6 is 11.3 Å². The van der Waals surface area contributed by atoms with Gasteiger partial charge in [-0.05, 0) is 30.5 Å². The van der Waals surface area contributed by atoms with E-state index in [1.165, 1.54) is 0 Å². The zero-order valence-corrected chi connectivity index (χ0v) is 8.06. The summed E-state index contributed by atoms with van der Waals surface area (Å²) in [6.07, 6.45) is 0.642. The largest absolute Gasteiger partial charge is 0.325 e. The number of anilines is 1. The van der Waals surface area contributed by atoms with Gasteiger partial charge in [0.1, 0.15) is 0 Å². The summed E-state index contributed by atoms with van der Waals surface area (Å²) in [4.78, 5) is 11.4. The SMILES string of the molecule is O=C(CC1CNC1)Nc1ccsc1. The minimum Gasteiger partial charge on any atom is -0.325 e. The molecule has 2 N–H and O–H groups in total.